The number of nitrogens with zero attached hydrogens (tertiary/aromatic N) is 4. The molecule has 2 rings (SSSR count). The first kappa shape index (κ1) is 9.39. The van der Waals surface area contributed by atoms with E-state index in [9.17, 15) is 5.21 Å². The van der Waals surface area contributed by atoms with Gasteiger partial charge < -0.3 is 5.21 Å². The first-order valence-corrected chi connectivity index (χ1v) is 4.47. The third-order valence-electron chi connectivity index (χ3n) is 1.87. The van der Waals surface area contributed by atoms with Crippen molar-refractivity contribution in [2.45, 2.75) is 0 Å². The molecule has 0 unspecified atom stereocenters. The lowest BCUT2D eigenvalue weighted by atomic mass is 10.2. The van der Waals surface area contributed by atoms with Crippen LogP contribution in [-0.4, -0.2) is 33.0 Å². The number of rotatable bonds is 2. The summed E-state index contributed by atoms with van der Waals surface area (Å²) in [5.74, 6) is 0. The summed E-state index contributed by atoms with van der Waals surface area (Å²) in [5.41, 5.74) is 1.72. The molecule has 5 heteroatoms. The fraction of sp³-hybridized carbons (Fsp3) is 0.100. The van der Waals surface area contributed by atoms with Crippen LogP contribution in [0, 0.1) is 5.21 Å². The molecule has 0 saturated heterocycles. The molecule has 2 aromatic rings. The van der Waals surface area contributed by atoms with Crippen LogP contribution in [0.2, 0.25) is 0 Å². The van der Waals surface area contributed by atoms with Crippen molar-refractivity contribution >= 4 is 6.21 Å². The number of hydrogen-bond acceptors (Lipinski definition) is 3. The van der Waals surface area contributed by atoms with E-state index in [1.165, 1.54) is 18.1 Å². The van der Waals surface area contributed by atoms with Crippen LogP contribution in [-0.2, 0) is 0 Å². The summed E-state index contributed by atoms with van der Waals surface area (Å²) >= 11 is 0. The number of hydroxylamine groups is 1. The van der Waals surface area contributed by atoms with Gasteiger partial charge in [-0.05, 0) is 24.3 Å². The Kier molecular flexibility index (Phi) is 2.45. The zero-order valence-electron chi connectivity index (χ0n) is 8.24. The van der Waals surface area contributed by atoms with E-state index < -0.39 is 0 Å². The number of hydrogen-bond donors (Lipinski definition) is 0. The molecule has 0 N–H and O–H groups in total. The van der Waals surface area contributed by atoms with Gasteiger partial charge in [-0.1, -0.05) is 0 Å². The zero-order valence-corrected chi connectivity index (χ0v) is 8.24. The van der Waals surface area contributed by atoms with Crippen LogP contribution >= 0.6 is 0 Å². The Morgan fingerprint density at radius 1 is 1.20 bits per heavy atom. The molecule has 1 aromatic carbocycles. The van der Waals surface area contributed by atoms with E-state index in [4.69, 9.17) is 0 Å². The fourth-order valence-corrected chi connectivity index (χ4v) is 1.25. The minimum Gasteiger partial charge on any atom is -0.624 e. The molecule has 0 amide bonds. The molecule has 0 fully saturated rings. The Hall–Kier alpha value is -2.17. The lowest BCUT2D eigenvalue weighted by Crippen LogP contribution is -2.00. The van der Waals surface area contributed by atoms with Crippen molar-refractivity contribution in [3.05, 3.63) is 47.4 Å². The SMILES string of the molecule is C[N+]([O-])=Cc1ccc(-n2nccn2)cc1. The van der Waals surface area contributed by atoms with E-state index in [1.54, 1.807) is 12.4 Å². The monoisotopic (exact) mass is 202 g/mol. The molecular formula is C10H10N4O. The molecule has 0 aliphatic carbocycles. The topological polar surface area (TPSA) is 56.8 Å². The van der Waals surface area contributed by atoms with Crippen molar-refractivity contribution in [1.29, 1.82) is 0 Å². The van der Waals surface area contributed by atoms with E-state index in [2.05, 4.69) is 10.2 Å². The highest BCUT2D eigenvalue weighted by Crippen LogP contribution is 2.05. The van der Waals surface area contributed by atoms with Crippen LogP contribution in [0.15, 0.2) is 36.7 Å². The van der Waals surface area contributed by atoms with E-state index in [1.807, 2.05) is 24.3 Å². The summed E-state index contributed by atoms with van der Waals surface area (Å²) in [6.07, 6.45) is 4.73. The van der Waals surface area contributed by atoms with Gasteiger partial charge in [0.1, 0.15) is 7.05 Å². The van der Waals surface area contributed by atoms with Crippen LogP contribution in [0.1, 0.15) is 5.56 Å². The van der Waals surface area contributed by atoms with Gasteiger partial charge >= 0.3 is 0 Å². The minimum atomic E-state index is 0.765. The van der Waals surface area contributed by atoms with Crippen LogP contribution < -0.4 is 0 Å². The van der Waals surface area contributed by atoms with Gasteiger partial charge in [-0.3, -0.25) is 0 Å². The molecule has 76 valence electrons. The summed E-state index contributed by atoms with van der Waals surface area (Å²) < 4.78 is 0.765. The highest BCUT2D eigenvalue weighted by atomic mass is 16.5. The van der Waals surface area contributed by atoms with Gasteiger partial charge in [-0.2, -0.15) is 15.0 Å². The number of aromatic nitrogens is 3. The third kappa shape index (κ3) is 2.19. The maximum atomic E-state index is 10.8. The molecule has 5 nitrogen and oxygen atoms in total. The van der Waals surface area contributed by atoms with Crippen LogP contribution in [0.3, 0.4) is 0 Å². The predicted molar refractivity (Wildman–Crippen MR) is 56.1 cm³/mol. The number of benzene rings is 1. The third-order valence-corrected chi connectivity index (χ3v) is 1.87. The van der Waals surface area contributed by atoms with Gasteiger partial charge in [-0.25, -0.2) is 4.74 Å². The first-order valence-electron chi connectivity index (χ1n) is 4.47. The Labute approximate surface area is 86.9 Å². The lowest BCUT2D eigenvalue weighted by molar-refractivity contribution is -0.416. The molecule has 1 heterocycles. The van der Waals surface area contributed by atoms with Crippen molar-refractivity contribution in [2.75, 3.05) is 7.05 Å². The fourth-order valence-electron chi connectivity index (χ4n) is 1.25. The smallest absolute Gasteiger partial charge is 0.181 e. The Balaban J connectivity index is 2.29. The minimum absolute atomic E-state index is 0.765. The second kappa shape index (κ2) is 3.91. The van der Waals surface area contributed by atoms with Crippen molar-refractivity contribution in [3.8, 4) is 5.69 Å². The quantitative estimate of drug-likeness (QED) is 0.313. The Bertz CT molecular complexity index is 455. The standard InChI is InChI=1S/C10H10N4O/c1-13(15)8-9-2-4-10(5-3-9)14-11-6-7-12-14/h2-8H,1H3. The van der Waals surface area contributed by atoms with E-state index >= 15 is 0 Å². The summed E-state index contributed by atoms with van der Waals surface area (Å²) in [7, 11) is 1.45. The normalized spacial score (nSPS) is 11.7. The van der Waals surface area contributed by atoms with Gasteiger partial charge in [0.05, 0.1) is 18.1 Å². The van der Waals surface area contributed by atoms with Crippen LogP contribution in [0.5, 0.6) is 0 Å². The van der Waals surface area contributed by atoms with Gasteiger partial charge in [0.15, 0.2) is 6.21 Å². The summed E-state index contributed by atoms with van der Waals surface area (Å²) in [6.45, 7) is 0. The van der Waals surface area contributed by atoms with Gasteiger partial charge in [0.25, 0.3) is 0 Å². The van der Waals surface area contributed by atoms with Gasteiger partial charge in [0, 0.05) is 5.56 Å². The Morgan fingerprint density at radius 3 is 2.33 bits per heavy atom. The predicted octanol–water partition coefficient (Wildman–Crippen LogP) is 0.826. The van der Waals surface area contributed by atoms with Gasteiger partial charge in [-0.15, -0.1) is 0 Å². The summed E-state index contributed by atoms with van der Waals surface area (Å²) in [5, 5.41) is 18.8. The summed E-state index contributed by atoms with van der Waals surface area (Å²) in [6, 6.07) is 7.39. The van der Waals surface area contributed by atoms with Crippen LogP contribution in [0.25, 0.3) is 5.69 Å². The van der Waals surface area contributed by atoms with E-state index in [0.717, 1.165) is 16.0 Å². The van der Waals surface area contributed by atoms with Crippen molar-refractivity contribution in [3.63, 3.8) is 0 Å². The molecule has 0 bridgehead atoms. The molecular weight excluding hydrogens is 192 g/mol. The average Bonchev–Trinajstić information content (AvgIpc) is 2.71. The molecule has 15 heavy (non-hydrogen) atoms. The maximum absolute atomic E-state index is 10.8. The highest BCUT2D eigenvalue weighted by molar-refractivity contribution is 5.75. The summed E-state index contributed by atoms with van der Waals surface area (Å²) in [4.78, 5) is 1.52. The van der Waals surface area contributed by atoms with E-state index in [-0.39, 0.29) is 0 Å². The van der Waals surface area contributed by atoms with Crippen molar-refractivity contribution in [1.82, 2.24) is 15.0 Å². The zero-order chi connectivity index (χ0) is 10.7. The molecule has 0 radical (unpaired) electrons. The molecule has 0 aliphatic heterocycles. The van der Waals surface area contributed by atoms with Crippen LogP contribution in [0.4, 0.5) is 0 Å². The molecule has 1 aromatic heterocycles. The lowest BCUT2D eigenvalue weighted by Gasteiger charge is -1.99. The van der Waals surface area contributed by atoms with Crippen molar-refractivity contribution in [2.24, 2.45) is 0 Å². The Morgan fingerprint density at radius 2 is 1.80 bits per heavy atom. The highest BCUT2D eigenvalue weighted by Gasteiger charge is 1.97. The molecule has 0 aliphatic rings. The van der Waals surface area contributed by atoms with Crippen molar-refractivity contribution < 1.29 is 4.74 Å². The second-order valence-electron chi connectivity index (χ2n) is 3.09. The second-order valence-corrected chi connectivity index (χ2v) is 3.09. The average molecular weight is 202 g/mol. The first-order chi connectivity index (χ1) is 7.25. The van der Waals surface area contributed by atoms with E-state index in [0.29, 0.717) is 0 Å². The molecule has 0 spiro atoms. The van der Waals surface area contributed by atoms with Gasteiger partial charge in [0.2, 0.25) is 0 Å². The largest absolute Gasteiger partial charge is 0.624 e. The maximum Gasteiger partial charge on any atom is 0.181 e. The molecule has 0 atom stereocenters. The molecule has 0 saturated carbocycles.